The summed E-state index contributed by atoms with van der Waals surface area (Å²) in [6, 6.07) is 8.03. The molecule has 1 aliphatic carbocycles. The van der Waals surface area contributed by atoms with Gasteiger partial charge in [-0.1, -0.05) is 25.5 Å². The molecule has 1 heterocycles. The highest BCUT2D eigenvalue weighted by Gasteiger charge is 2.44. The predicted molar refractivity (Wildman–Crippen MR) is 86.0 cm³/mol. The Bertz CT molecular complexity index is 500. The Kier molecular flexibility index (Phi) is 4.82. The van der Waals surface area contributed by atoms with Gasteiger partial charge >= 0.3 is 5.97 Å². The summed E-state index contributed by atoms with van der Waals surface area (Å²) >= 11 is 0. The summed E-state index contributed by atoms with van der Waals surface area (Å²) in [5.74, 6) is 1.79. The molecular formula is C19H26O3. The van der Waals surface area contributed by atoms with E-state index in [4.69, 9.17) is 9.47 Å². The Morgan fingerprint density at radius 1 is 1.18 bits per heavy atom. The summed E-state index contributed by atoms with van der Waals surface area (Å²) in [5, 5.41) is 0. The number of carbonyl (C=O) groups excluding carboxylic acids is 1. The topological polar surface area (TPSA) is 38.8 Å². The number of carbonyl (C=O) groups is 1. The largest absolute Gasteiger partial charge is 0.427 e. The van der Waals surface area contributed by atoms with Crippen LogP contribution in [-0.4, -0.2) is 18.2 Å². The van der Waals surface area contributed by atoms with Crippen molar-refractivity contribution >= 4 is 5.97 Å². The van der Waals surface area contributed by atoms with E-state index in [0.29, 0.717) is 23.9 Å². The number of rotatable bonds is 5. The molecule has 1 saturated heterocycles. The van der Waals surface area contributed by atoms with E-state index in [1.165, 1.54) is 51.0 Å². The third-order valence-corrected chi connectivity index (χ3v) is 5.04. The standard InChI is InChI=1S/C19H26O3/c1-3-4-18-19(22-18)16-7-5-14(6-8-16)15-9-11-17(12-10-15)21-13(2)20/h9-12,14,16,18-19H,3-8H2,1-2H3/t14-,16-,18?,19?. The van der Waals surface area contributed by atoms with E-state index in [-0.39, 0.29) is 5.97 Å². The smallest absolute Gasteiger partial charge is 0.308 e. The first kappa shape index (κ1) is 15.5. The monoisotopic (exact) mass is 302 g/mol. The van der Waals surface area contributed by atoms with Gasteiger partial charge in [0.15, 0.2) is 0 Å². The van der Waals surface area contributed by atoms with Gasteiger partial charge in [-0.25, -0.2) is 0 Å². The van der Waals surface area contributed by atoms with Crippen molar-refractivity contribution in [3.8, 4) is 5.75 Å². The molecule has 3 nitrogen and oxygen atoms in total. The number of hydrogen-bond acceptors (Lipinski definition) is 3. The first-order chi connectivity index (χ1) is 10.7. The first-order valence-electron chi connectivity index (χ1n) is 8.61. The molecule has 2 fully saturated rings. The zero-order chi connectivity index (χ0) is 15.5. The molecule has 1 aromatic carbocycles. The van der Waals surface area contributed by atoms with E-state index in [9.17, 15) is 4.79 Å². The van der Waals surface area contributed by atoms with Gasteiger partial charge < -0.3 is 9.47 Å². The van der Waals surface area contributed by atoms with Crippen molar-refractivity contribution in [3.63, 3.8) is 0 Å². The summed E-state index contributed by atoms with van der Waals surface area (Å²) in [6.07, 6.45) is 8.60. The van der Waals surface area contributed by atoms with Gasteiger partial charge in [0, 0.05) is 6.92 Å². The van der Waals surface area contributed by atoms with Crippen molar-refractivity contribution < 1.29 is 14.3 Å². The second-order valence-corrected chi connectivity index (χ2v) is 6.70. The van der Waals surface area contributed by atoms with Gasteiger partial charge in [-0.2, -0.15) is 0 Å². The van der Waals surface area contributed by atoms with Gasteiger partial charge in [0.1, 0.15) is 5.75 Å². The summed E-state index contributed by atoms with van der Waals surface area (Å²) in [5.41, 5.74) is 1.37. The van der Waals surface area contributed by atoms with E-state index in [1.807, 2.05) is 12.1 Å². The molecule has 22 heavy (non-hydrogen) atoms. The summed E-state index contributed by atoms with van der Waals surface area (Å²) < 4.78 is 10.9. The molecule has 0 bridgehead atoms. The Balaban J connectivity index is 1.50. The second-order valence-electron chi connectivity index (χ2n) is 6.70. The Labute approximate surface area is 133 Å². The molecule has 2 aliphatic rings. The zero-order valence-electron chi connectivity index (χ0n) is 13.6. The molecule has 0 amide bonds. The number of ether oxygens (including phenoxy) is 2. The maximum absolute atomic E-state index is 10.9. The van der Waals surface area contributed by atoms with E-state index in [2.05, 4.69) is 19.1 Å². The minimum absolute atomic E-state index is 0.265. The molecule has 3 heteroatoms. The van der Waals surface area contributed by atoms with Crippen LogP contribution < -0.4 is 4.74 Å². The third-order valence-electron chi connectivity index (χ3n) is 5.04. The van der Waals surface area contributed by atoms with Crippen molar-refractivity contribution in [1.29, 1.82) is 0 Å². The highest BCUT2D eigenvalue weighted by Crippen LogP contribution is 2.44. The quantitative estimate of drug-likeness (QED) is 0.458. The van der Waals surface area contributed by atoms with Crippen LogP contribution >= 0.6 is 0 Å². The average molecular weight is 302 g/mol. The van der Waals surface area contributed by atoms with E-state index in [1.54, 1.807) is 0 Å². The molecule has 2 unspecified atom stereocenters. The van der Waals surface area contributed by atoms with Crippen LogP contribution in [0.5, 0.6) is 5.75 Å². The molecule has 1 aliphatic heterocycles. The maximum Gasteiger partial charge on any atom is 0.308 e. The van der Waals surface area contributed by atoms with Crippen LogP contribution in [0.1, 0.15) is 63.9 Å². The van der Waals surface area contributed by atoms with Gasteiger partial charge in [-0.15, -0.1) is 0 Å². The predicted octanol–water partition coefficient (Wildman–Crippen LogP) is 4.45. The van der Waals surface area contributed by atoms with Crippen LogP contribution in [0.3, 0.4) is 0 Å². The lowest BCUT2D eigenvalue weighted by molar-refractivity contribution is -0.131. The fourth-order valence-electron chi connectivity index (χ4n) is 3.84. The van der Waals surface area contributed by atoms with E-state index >= 15 is 0 Å². The fourth-order valence-corrected chi connectivity index (χ4v) is 3.84. The summed E-state index contributed by atoms with van der Waals surface area (Å²) in [4.78, 5) is 10.9. The fraction of sp³-hybridized carbons (Fsp3) is 0.632. The van der Waals surface area contributed by atoms with Crippen LogP contribution in [0.15, 0.2) is 24.3 Å². The van der Waals surface area contributed by atoms with Gasteiger partial charge in [0.25, 0.3) is 0 Å². The molecular weight excluding hydrogens is 276 g/mol. The van der Waals surface area contributed by atoms with Gasteiger partial charge in [-0.3, -0.25) is 4.79 Å². The molecule has 0 radical (unpaired) electrons. The highest BCUT2D eigenvalue weighted by atomic mass is 16.6. The van der Waals surface area contributed by atoms with Crippen molar-refractivity contribution in [2.45, 2.75) is 70.5 Å². The van der Waals surface area contributed by atoms with Crippen LogP contribution in [-0.2, 0) is 9.53 Å². The lowest BCUT2D eigenvalue weighted by atomic mass is 9.77. The Hall–Kier alpha value is -1.35. The minimum atomic E-state index is -0.265. The lowest BCUT2D eigenvalue weighted by Crippen LogP contribution is -2.19. The molecule has 3 rings (SSSR count). The second kappa shape index (κ2) is 6.82. The SMILES string of the molecule is CCCC1OC1[C@H]1CC[C@H](c2ccc(OC(C)=O)cc2)CC1. The van der Waals surface area contributed by atoms with Crippen LogP contribution in [0.25, 0.3) is 0 Å². The molecule has 120 valence electrons. The van der Waals surface area contributed by atoms with Gasteiger partial charge in [-0.05, 0) is 61.6 Å². The molecule has 0 aromatic heterocycles. The Morgan fingerprint density at radius 3 is 2.45 bits per heavy atom. The lowest BCUT2D eigenvalue weighted by Gasteiger charge is -2.28. The van der Waals surface area contributed by atoms with Crippen LogP contribution in [0, 0.1) is 5.92 Å². The van der Waals surface area contributed by atoms with Gasteiger partial charge in [0.2, 0.25) is 0 Å². The summed E-state index contributed by atoms with van der Waals surface area (Å²) in [6.45, 7) is 3.66. The number of benzene rings is 1. The molecule has 0 spiro atoms. The Morgan fingerprint density at radius 2 is 1.86 bits per heavy atom. The van der Waals surface area contributed by atoms with Crippen molar-refractivity contribution in [2.75, 3.05) is 0 Å². The zero-order valence-corrected chi connectivity index (χ0v) is 13.6. The maximum atomic E-state index is 10.9. The van der Waals surface area contributed by atoms with E-state index < -0.39 is 0 Å². The molecule has 0 N–H and O–H groups in total. The molecule has 1 aromatic rings. The first-order valence-corrected chi connectivity index (χ1v) is 8.61. The highest BCUT2D eigenvalue weighted by molar-refractivity contribution is 5.69. The molecule has 1 saturated carbocycles. The summed E-state index contributed by atoms with van der Waals surface area (Å²) in [7, 11) is 0. The van der Waals surface area contributed by atoms with Crippen LogP contribution in [0.4, 0.5) is 0 Å². The van der Waals surface area contributed by atoms with Crippen molar-refractivity contribution in [3.05, 3.63) is 29.8 Å². The van der Waals surface area contributed by atoms with Gasteiger partial charge in [0.05, 0.1) is 12.2 Å². The average Bonchev–Trinajstić information content (AvgIpc) is 3.27. The number of epoxide rings is 1. The van der Waals surface area contributed by atoms with Crippen molar-refractivity contribution in [1.82, 2.24) is 0 Å². The van der Waals surface area contributed by atoms with Crippen molar-refractivity contribution in [2.24, 2.45) is 5.92 Å². The minimum Gasteiger partial charge on any atom is -0.427 e. The number of hydrogen-bond donors (Lipinski definition) is 0. The number of esters is 1. The normalized spacial score (nSPS) is 30.8. The van der Waals surface area contributed by atoms with E-state index in [0.717, 1.165) is 5.92 Å². The third kappa shape index (κ3) is 3.70. The van der Waals surface area contributed by atoms with Crippen LogP contribution in [0.2, 0.25) is 0 Å². The molecule has 2 atom stereocenters.